The number of rotatable bonds is 7. The molecule has 8 heteroatoms. The molecule has 0 aliphatic carbocycles. The minimum atomic E-state index is -0.353. The Morgan fingerprint density at radius 1 is 1.11 bits per heavy atom. The van der Waals surface area contributed by atoms with Gasteiger partial charge in [0.2, 0.25) is 5.91 Å². The fourth-order valence-corrected chi connectivity index (χ4v) is 4.02. The van der Waals surface area contributed by atoms with E-state index in [9.17, 15) is 18.8 Å². The normalized spacial score (nSPS) is 15.3. The van der Waals surface area contributed by atoms with E-state index < -0.39 is 0 Å². The third-order valence-corrected chi connectivity index (χ3v) is 5.73. The van der Waals surface area contributed by atoms with Gasteiger partial charge in [0.15, 0.2) is 0 Å². The molecule has 1 fully saturated rings. The second-order valence-electron chi connectivity index (χ2n) is 5.84. The van der Waals surface area contributed by atoms with Gasteiger partial charge in [-0.15, -0.1) is 11.8 Å². The summed E-state index contributed by atoms with van der Waals surface area (Å²) in [7, 11) is 0. The van der Waals surface area contributed by atoms with Gasteiger partial charge in [-0.25, -0.2) is 4.39 Å². The number of nitrogens with one attached hydrogen (secondary N) is 1. The smallest absolute Gasteiger partial charge is 0.293 e. The van der Waals surface area contributed by atoms with Gasteiger partial charge in [-0.1, -0.05) is 30.3 Å². The van der Waals surface area contributed by atoms with E-state index in [1.165, 1.54) is 23.9 Å². The van der Waals surface area contributed by atoms with E-state index in [1.807, 2.05) is 30.3 Å². The standard InChI is InChI=1S/C20H17FN2O3S2/c21-15-6-8-16(9-7-15)27-13-18(24)22-10-11-23-19(25)17(28-20(23)26)12-14-4-2-1-3-5-14/h1-9,12H,10-11,13H2,(H,22,24)/b17-12+. The number of carbonyl (C=O) groups excluding carboxylic acids is 3. The van der Waals surface area contributed by atoms with Gasteiger partial charge in [0.25, 0.3) is 11.1 Å². The fraction of sp³-hybridized carbons (Fsp3) is 0.150. The van der Waals surface area contributed by atoms with Crippen molar-refractivity contribution in [3.8, 4) is 0 Å². The largest absolute Gasteiger partial charge is 0.354 e. The average Bonchev–Trinajstić information content (AvgIpc) is 2.95. The van der Waals surface area contributed by atoms with E-state index in [4.69, 9.17) is 0 Å². The highest BCUT2D eigenvalue weighted by atomic mass is 32.2. The molecular weight excluding hydrogens is 399 g/mol. The van der Waals surface area contributed by atoms with Crippen LogP contribution in [0.2, 0.25) is 0 Å². The summed E-state index contributed by atoms with van der Waals surface area (Å²) in [5.41, 5.74) is 0.846. The number of nitrogens with zero attached hydrogens (tertiary/aromatic N) is 1. The molecule has 0 spiro atoms. The number of amides is 3. The molecule has 0 atom stereocenters. The van der Waals surface area contributed by atoms with Gasteiger partial charge in [0.1, 0.15) is 5.82 Å². The van der Waals surface area contributed by atoms with Gasteiger partial charge in [-0.05, 0) is 47.7 Å². The van der Waals surface area contributed by atoms with Crippen molar-refractivity contribution < 1.29 is 18.8 Å². The highest BCUT2D eigenvalue weighted by molar-refractivity contribution is 8.18. The van der Waals surface area contributed by atoms with Crippen molar-refractivity contribution in [3.63, 3.8) is 0 Å². The van der Waals surface area contributed by atoms with E-state index in [-0.39, 0.29) is 41.7 Å². The summed E-state index contributed by atoms with van der Waals surface area (Å²) >= 11 is 2.18. The lowest BCUT2D eigenvalue weighted by Gasteiger charge is -2.13. The number of thioether (sulfide) groups is 2. The van der Waals surface area contributed by atoms with Crippen LogP contribution in [0.15, 0.2) is 64.4 Å². The predicted molar refractivity (Wildman–Crippen MR) is 109 cm³/mol. The molecule has 1 heterocycles. The number of imide groups is 1. The Kier molecular flexibility index (Phi) is 6.89. The Labute approximate surface area is 170 Å². The van der Waals surface area contributed by atoms with E-state index >= 15 is 0 Å². The van der Waals surface area contributed by atoms with Gasteiger partial charge >= 0.3 is 0 Å². The van der Waals surface area contributed by atoms with Crippen LogP contribution in [-0.2, 0) is 9.59 Å². The Morgan fingerprint density at radius 3 is 2.54 bits per heavy atom. The Morgan fingerprint density at radius 2 is 1.82 bits per heavy atom. The summed E-state index contributed by atoms with van der Waals surface area (Å²) in [6.07, 6.45) is 1.68. The van der Waals surface area contributed by atoms with Crippen molar-refractivity contribution in [1.29, 1.82) is 0 Å². The molecule has 3 amide bonds. The van der Waals surface area contributed by atoms with Crippen LogP contribution in [0.1, 0.15) is 5.56 Å². The van der Waals surface area contributed by atoms with Crippen LogP contribution in [0.4, 0.5) is 9.18 Å². The first kappa shape index (κ1) is 20.2. The highest BCUT2D eigenvalue weighted by Gasteiger charge is 2.34. The molecule has 28 heavy (non-hydrogen) atoms. The molecular formula is C20H17FN2O3S2. The monoisotopic (exact) mass is 416 g/mol. The lowest BCUT2D eigenvalue weighted by atomic mass is 10.2. The molecule has 3 rings (SSSR count). The number of hydrogen-bond acceptors (Lipinski definition) is 5. The summed E-state index contributed by atoms with van der Waals surface area (Å²) in [4.78, 5) is 38.7. The molecule has 144 valence electrons. The SMILES string of the molecule is O=C(CSc1ccc(F)cc1)NCCN1C(=O)S/C(=C/c2ccccc2)C1=O. The van der Waals surface area contributed by atoms with Gasteiger partial charge in [-0.2, -0.15) is 0 Å². The number of halogens is 1. The Balaban J connectivity index is 1.46. The first-order valence-electron chi connectivity index (χ1n) is 8.48. The molecule has 5 nitrogen and oxygen atoms in total. The summed E-state index contributed by atoms with van der Waals surface area (Å²) in [5.74, 6) is -0.733. The molecule has 2 aromatic carbocycles. The molecule has 0 aromatic heterocycles. The maximum absolute atomic E-state index is 12.9. The highest BCUT2D eigenvalue weighted by Crippen LogP contribution is 2.31. The van der Waals surface area contributed by atoms with Crippen molar-refractivity contribution in [1.82, 2.24) is 10.2 Å². The Hall–Kier alpha value is -2.58. The molecule has 1 aliphatic heterocycles. The minimum Gasteiger partial charge on any atom is -0.354 e. The first-order chi connectivity index (χ1) is 13.5. The number of benzene rings is 2. The van der Waals surface area contributed by atoms with Crippen molar-refractivity contribution >= 4 is 46.7 Å². The van der Waals surface area contributed by atoms with Crippen molar-refractivity contribution in [2.75, 3.05) is 18.8 Å². The molecule has 1 N–H and O–H groups in total. The second kappa shape index (κ2) is 9.57. The van der Waals surface area contributed by atoms with Gasteiger partial charge in [-0.3, -0.25) is 19.3 Å². The maximum Gasteiger partial charge on any atom is 0.293 e. The number of hydrogen-bond donors (Lipinski definition) is 1. The van der Waals surface area contributed by atoms with Gasteiger partial charge in [0, 0.05) is 18.0 Å². The van der Waals surface area contributed by atoms with E-state index in [1.54, 1.807) is 18.2 Å². The molecule has 2 aromatic rings. The average molecular weight is 416 g/mol. The molecule has 0 bridgehead atoms. The van der Waals surface area contributed by atoms with Crippen LogP contribution in [0.3, 0.4) is 0 Å². The van der Waals surface area contributed by atoms with Crippen LogP contribution in [0.5, 0.6) is 0 Å². The van der Waals surface area contributed by atoms with E-state index in [0.29, 0.717) is 4.91 Å². The van der Waals surface area contributed by atoms with E-state index in [0.717, 1.165) is 27.1 Å². The predicted octanol–water partition coefficient (Wildman–Crippen LogP) is 3.77. The minimum absolute atomic E-state index is 0.115. The van der Waals surface area contributed by atoms with Crippen LogP contribution in [0.25, 0.3) is 6.08 Å². The van der Waals surface area contributed by atoms with Crippen LogP contribution >= 0.6 is 23.5 Å². The summed E-state index contributed by atoms with van der Waals surface area (Å²) in [6, 6.07) is 15.2. The third kappa shape index (κ3) is 5.46. The van der Waals surface area contributed by atoms with Crippen LogP contribution in [-0.4, -0.2) is 40.8 Å². The van der Waals surface area contributed by atoms with E-state index in [2.05, 4.69) is 5.32 Å². The Bertz CT molecular complexity index is 901. The van der Waals surface area contributed by atoms with Crippen molar-refractivity contribution in [3.05, 3.63) is 70.9 Å². The molecule has 1 aliphatic rings. The molecule has 1 saturated heterocycles. The molecule has 0 saturated carbocycles. The summed E-state index contributed by atoms with van der Waals surface area (Å²) in [5, 5.41) is 2.34. The fourth-order valence-electron chi connectivity index (χ4n) is 2.43. The molecule has 0 unspecified atom stereocenters. The summed E-state index contributed by atoms with van der Waals surface area (Å²) < 4.78 is 12.9. The lowest BCUT2D eigenvalue weighted by molar-refractivity contribution is -0.123. The van der Waals surface area contributed by atoms with Crippen molar-refractivity contribution in [2.45, 2.75) is 4.90 Å². The zero-order valence-electron chi connectivity index (χ0n) is 14.8. The zero-order valence-corrected chi connectivity index (χ0v) is 16.4. The second-order valence-corrected chi connectivity index (χ2v) is 7.88. The maximum atomic E-state index is 12.9. The van der Waals surface area contributed by atoms with Crippen LogP contribution in [0, 0.1) is 5.82 Å². The van der Waals surface area contributed by atoms with Crippen LogP contribution < -0.4 is 5.32 Å². The summed E-state index contributed by atoms with van der Waals surface area (Å²) in [6.45, 7) is 0.295. The number of carbonyl (C=O) groups is 3. The van der Waals surface area contributed by atoms with Gasteiger partial charge in [0.05, 0.1) is 10.7 Å². The lowest BCUT2D eigenvalue weighted by Crippen LogP contribution is -2.37. The van der Waals surface area contributed by atoms with Gasteiger partial charge < -0.3 is 5.32 Å². The first-order valence-corrected chi connectivity index (χ1v) is 10.3. The molecule has 0 radical (unpaired) electrons. The third-order valence-electron chi connectivity index (χ3n) is 3.81. The van der Waals surface area contributed by atoms with Crippen molar-refractivity contribution in [2.24, 2.45) is 0 Å². The quantitative estimate of drug-likeness (QED) is 0.550. The zero-order chi connectivity index (χ0) is 19.9. The topological polar surface area (TPSA) is 66.5 Å².